The van der Waals surface area contributed by atoms with Crippen LogP contribution in [0.4, 0.5) is 0 Å². The molecule has 2 aliphatic rings. The zero-order valence-electron chi connectivity index (χ0n) is 15.0. The largest absolute Gasteiger partial charge is 0.481 e. The van der Waals surface area contributed by atoms with Crippen molar-refractivity contribution in [1.82, 2.24) is 15.0 Å². The van der Waals surface area contributed by atoms with Crippen LogP contribution >= 0.6 is 12.4 Å². The SMILES string of the molecule is Cc1ccccc1-c1noc(C(C)N2C[C@@H]3CCC[C@@]3(C(=O)O)C2)n1.Cl. The second-order valence-corrected chi connectivity index (χ2v) is 7.43. The average Bonchev–Trinajstić information content (AvgIpc) is 3.28. The van der Waals surface area contributed by atoms with Gasteiger partial charge in [0, 0.05) is 18.7 Å². The Kier molecular flexibility index (Phi) is 5.08. The van der Waals surface area contributed by atoms with Crippen molar-refractivity contribution in [3.05, 3.63) is 35.7 Å². The molecule has 1 saturated carbocycles. The highest BCUT2D eigenvalue weighted by Gasteiger charge is 2.55. The molecule has 1 aromatic carbocycles. The lowest BCUT2D eigenvalue weighted by Gasteiger charge is -2.25. The van der Waals surface area contributed by atoms with E-state index in [1.54, 1.807) is 0 Å². The molecular weight excluding hydrogens is 354 g/mol. The summed E-state index contributed by atoms with van der Waals surface area (Å²) in [6.45, 7) is 5.39. The minimum Gasteiger partial charge on any atom is -0.481 e. The molecule has 0 amide bonds. The molecule has 26 heavy (non-hydrogen) atoms. The van der Waals surface area contributed by atoms with Gasteiger partial charge in [-0.05, 0) is 38.2 Å². The summed E-state index contributed by atoms with van der Waals surface area (Å²) in [5.41, 5.74) is 1.47. The van der Waals surface area contributed by atoms with Crippen LogP contribution < -0.4 is 0 Å². The van der Waals surface area contributed by atoms with Gasteiger partial charge in [-0.2, -0.15) is 4.98 Å². The van der Waals surface area contributed by atoms with Crippen molar-refractivity contribution in [1.29, 1.82) is 0 Å². The number of carboxylic acids is 1. The number of hydrogen-bond acceptors (Lipinski definition) is 5. The van der Waals surface area contributed by atoms with E-state index in [9.17, 15) is 9.90 Å². The molecule has 6 nitrogen and oxygen atoms in total. The van der Waals surface area contributed by atoms with Gasteiger partial charge >= 0.3 is 5.97 Å². The number of likely N-dealkylation sites (tertiary alicyclic amines) is 1. The van der Waals surface area contributed by atoms with Crippen LogP contribution in [0.5, 0.6) is 0 Å². The van der Waals surface area contributed by atoms with Gasteiger partial charge in [0.05, 0.1) is 11.5 Å². The summed E-state index contributed by atoms with van der Waals surface area (Å²) in [6.07, 6.45) is 2.78. The lowest BCUT2D eigenvalue weighted by Crippen LogP contribution is -2.36. The highest BCUT2D eigenvalue weighted by atomic mass is 35.5. The van der Waals surface area contributed by atoms with Crippen molar-refractivity contribution < 1.29 is 14.4 Å². The second-order valence-electron chi connectivity index (χ2n) is 7.43. The number of hydrogen-bond donors (Lipinski definition) is 1. The van der Waals surface area contributed by atoms with Crippen molar-refractivity contribution in [2.75, 3.05) is 13.1 Å². The van der Waals surface area contributed by atoms with E-state index in [1.165, 1.54) is 0 Å². The predicted octanol–water partition coefficient (Wildman–Crippen LogP) is 3.71. The summed E-state index contributed by atoms with van der Waals surface area (Å²) in [7, 11) is 0. The summed E-state index contributed by atoms with van der Waals surface area (Å²) in [6, 6.07) is 7.87. The zero-order valence-corrected chi connectivity index (χ0v) is 15.8. The molecule has 2 fully saturated rings. The summed E-state index contributed by atoms with van der Waals surface area (Å²) in [4.78, 5) is 18.6. The summed E-state index contributed by atoms with van der Waals surface area (Å²) < 4.78 is 5.51. The fourth-order valence-electron chi connectivity index (χ4n) is 4.47. The normalized spacial score (nSPS) is 26.3. The first-order chi connectivity index (χ1) is 12.0. The lowest BCUT2D eigenvalue weighted by molar-refractivity contribution is -0.149. The van der Waals surface area contributed by atoms with E-state index in [-0.39, 0.29) is 24.4 Å². The van der Waals surface area contributed by atoms with Gasteiger partial charge in [-0.25, -0.2) is 0 Å². The molecule has 1 aliphatic heterocycles. The first-order valence-corrected chi connectivity index (χ1v) is 8.88. The number of carboxylic acid groups (broad SMARTS) is 1. The molecule has 7 heteroatoms. The van der Waals surface area contributed by atoms with E-state index >= 15 is 0 Å². The molecule has 140 valence electrons. The Bertz CT molecular complexity index is 809. The maximum absolute atomic E-state index is 11.9. The van der Waals surface area contributed by atoms with Crippen molar-refractivity contribution >= 4 is 18.4 Å². The van der Waals surface area contributed by atoms with E-state index < -0.39 is 11.4 Å². The number of nitrogens with zero attached hydrogens (tertiary/aromatic N) is 3. The maximum atomic E-state index is 11.9. The monoisotopic (exact) mass is 377 g/mol. The Hall–Kier alpha value is -1.92. The van der Waals surface area contributed by atoms with Crippen LogP contribution in [0.25, 0.3) is 11.4 Å². The summed E-state index contributed by atoms with van der Waals surface area (Å²) >= 11 is 0. The third-order valence-corrected chi connectivity index (χ3v) is 6.06. The van der Waals surface area contributed by atoms with Crippen LogP contribution in [-0.2, 0) is 4.79 Å². The molecule has 2 heterocycles. The van der Waals surface area contributed by atoms with Crippen LogP contribution in [-0.4, -0.2) is 39.2 Å². The molecule has 1 saturated heterocycles. The molecule has 1 aliphatic carbocycles. The van der Waals surface area contributed by atoms with Crippen LogP contribution in [0.3, 0.4) is 0 Å². The van der Waals surface area contributed by atoms with Gasteiger partial charge in [0.25, 0.3) is 0 Å². The lowest BCUT2D eigenvalue weighted by atomic mass is 9.81. The van der Waals surface area contributed by atoms with Gasteiger partial charge in [-0.15, -0.1) is 12.4 Å². The Labute approximate surface area is 159 Å². The van der Waals surface area contributed by atoms with Crippen molar-refractivity contribution in [3.8, 4) is 11.4 Å². The molecule has 1 N–H and O–H groups in total. The third-order valence-electron chi connectivity index (χ3n) is 6.06. The molecular formula is C19H24ClN3O3. The van der Waals surface area contributed by atoms with Crippen LogP contribution in [0.2, 0.25) is 0 Å². The van der Waals surface area contributed by atoms with Gasteiger partial charge in [-0.1, -0.05) is 35.8 Å². The minimum atomic E-state index is -0.657. The highest BCUT2D eigenvalue weighted by Crippen LogP contribution is 2.50. The Morgan fingerprint density at radius 3 is 2.88 bits per heavy atom. The van der Waals surface area contributed by atoms with Gasteiger partial charge < -0.3 is 9.63 Å². The quantitative estimate of drug-likeness (QED) is 0.874. The van der Waals surface area contributed by atoms with Crippen molar-refractivity contribution in [3.63, 3.8) is 0 Å². The highest BCUT2D eigenvalue weighted by molar-refractivity contribution is 5.85. The van der Waals surface area contributed by atoms with Gasteiger partial charge in [0.2, 0.25) is 11.7 Å². The molecule has 2 aromatic rings. The molecule has 0 spiro atoms. The van der Waals surface area contributed by atoms with E-state index in [0.29, 0.717) is 18.3 Å². The molecule has 1 unspecified atom stereocenters. The molecule has 0 radical (unpaired) electrons. The van der Waals surface area contributed by atoms with Gasteiger partial charge in [0.1, 0.15) is 0 Å². The molecule has 3 atom stereocenters. The van der Waals surface area contributed by atoms with Crippen LogP contribution in [0.15, 0.2) is 28.8 Å². The number of aliphatic carboxylic acids is 1. The molecule has 1 aromatic heterocycles. The maximum Gasteiger partial charge on any atom is 0.311 e. The number of rotatable bonds is 4. The van der Waals surface area contributed by atoms with E-state index in [2.05, 4.69) is 15.0 Å². The smallest absolute Gasteiger partial charge is 0.311 e. The van der Waals surface area contributed by atoms with Crippen LogP contribution in [0, 0.1) is 18.3 Å². The van der Waals surface area contributed by atoms with Gasteiger partial charge in [-0.3, -0.25) is 9.69 Å². The van der Waals surface area contributed by atoms with Crippen molar-refractivity contribution in [2.24, 2.45) is 11.3 Å². The number of aromatic nitrogens is 2. The fourth-order valence-corrected chi connectivity index (χ4v) is 4.47. The summed E-state index contributed by atoms with van der Waals surface area (Å²) in [5.74, 6) is 0.716. The average molecular weight is 378 g/mol. The molecule has 4 rings (SSSR count). The zero-order chi connectivity index (χ0) is 17.6. The fraction of sp³-hybridized carbons (Fsp3) is 0.526. The number of fused-ring (bicyclic) bond motifs is 1. The number of aryl methyl sites for hydroxylation is 1. The first-order valence-electron chi connectivity index (χ1n) is 8.88. The van der Waals surface area contributed by atoms with Crippen molar-refractivity contribution in [2.45, 2.75) is 39.2 Å². The predicted molar refractivity (Wildman–Crippen MR) is 99.1 cm³/mol. The van der Waals surface area contributed by atoms with E-state index in [1.807, 2.05) is 38.1 Å². The Balaban J connectivity index is 0.00000196. The van der Waals surface area contributed by atoms with E-state index in [0.717, 1.165) is 36.9 Å². The number of halogens is 1. The Morgan fingerprint density at radius 1 is 1.42 bits per heavy atom. The minimum absolute atomic E-state index is 0. The number of benzene rings is 1. The summed E-state index contributed by atoms with van der Waals surface area (Å²) in [5, 5.41) is 13.9. The van der Waals surface area contributed by atoms with Gasteiger partial charge in [0.15, 0.2) is 0 Å². The number of carbonyl (C=O) groups is 1. The Morgan fingerprint density at radius 2 is 2.19 bits per heavy atom. The second kappa shape index (κ2) is 7.00. The first kappa shape index (κ1) is 18.9. The third kappa shape index (κ3) is 2.91. The van der Waals surface area contributed by atoms with E-state index in [4.69, 9.17) is 4.52 Å². The standard InChI is InChI=1S/C19H23N3O3.ClH/c1-12-6-3-4-8-15(12)16-20-17(25-21-16)13(2)22-10-14-7-5-9-19(14,11-22)18(23)24;/h3-4,6,8,13-14H,5,7,9-11H2,1-2H3,(H,23,24);1H/t13?,14-,19+;/m0./s1. The molecule has 0 bridgehead atoms. The topological polar surface area (TPSA) is 79.5 Å². The van der Waals surface area contributed by atoms with Crippen LogP contribution in [0.1, 0.15) is 43.7 Å².